The van der Waals surface area contributed by atoms with Crippen molar-refractivity contribution in [3.05, 3.63) is 0 Å². The molecule has 1 atom stereocenters. The largest absolute Gasteiger partial charge is 0.374 e. The number of rotatable bonds is 4. The predicted octanol–water partition coefficient (Wildman–Crippen LogP) is 3.24. The van der Waals surface area contributed by atoms with Crippen molar-refractivity contribution in [2.24, 2.45) is 11.7 Å². The van der Waals surface area contributed by atoms with Gasteiger partial charge in [-0.3, -0.25) is 0 Å². The van der Waals surface area contributed by atoms with E-state index in [-0.39, 0.29) is 11.6 Å². The Hall–Kier alpha value is -0.0800. The Labute approximate surface area is 99.9 Å². The number of hydrogen-bond donors (Lipinski definition) is 1. The van der Waals surface area contributed by atoms with Crippen molar-refractivity contribution in [2.75, 3.05) is 6.61 Å². The molecule has 1 unspecified atom stereocenters. The van der Waals surface area contributed by atoms with Crippen molar-refractivity contribution < 1.29 is 4.74 Å². The Kier molecular flexibility index (Phi) is 4.26. The molecule has 0 heterocycles. The minimum atomic E-state index is 0.0384. The molecule has 0 aliphatic heterocycles. The Morgan fingerprint density at radius 3 is 2.31 bits per heavy atom. The molecule has 0 bridgehead atoms. The van der Waals surface area contributed by atoms with Gasteiger partial charge in [-0.1, -0.05) is 32.1 Å². The molecule has 0 radical (unpaired) electrons. The van der Waals surface area contributed by atoms with Gasteiger partial charge >= 0.3 is 0 Å². The number of nitrogens with two attached hydrogens (primary N) is 1. The Bertz CT molecular complexity index is 205. The average Bonchev–Trinajstić information content (AvgIpc) is 2.80. The van der Waals surface area contributed by atoms with Crippen LogP contribution >= 0.6 is 0 Å². The fourth-order valence-corrected chi connectivity index (χ4v) is 3.76. The maximum absolute atomic E-state index is 6.55. The minimum Gasteiger partial charge on any atom is -0.374 e. The lowest BCUT2D eigenvalue weighted by molar-refractivity contribution is -0.0687. The summed E-state index contributed by atoms with van der Waals surface area (Å²) in [5.41, 5.74) is 6.59. The molecule has 2 fully saturated rings. The lowest BCUT2D eigenvalue weighted by Gasteiger charge is -2.41. The molecule has 2 aliphatic rings. The summed E-state index contributed by atoms with van der Waals surface area (Å²) in [4.78, 5) is 0. The van der Waals surface area contributed by atoms with Gasteiger partial charge in [0.2, 0.25) is 0 Å². The fraction of sp³-hybridized carbons (Fsp3) is 1.00. The van der Waals surface area contributed by atoms with Crippen LogP contribution in [0.25, 0.3) is 0 Å². The van der Waals surface area contributed by atoms with E-state index in [1.807, 2.05) is 0 Å². The molecular weight excluding hydrogens is 198 g/mol. The van der Waals surface area contributed by atoms with E-state index in [1.165, 1.54) is 57.8 Å². The number of hydrogen-bond acceptors (Lipinski definition) is 2. The van der Waals surface area contributed by atoms with Crippen LogP contribution in [0.4, 0.5) is 0 Å². The highest BCUT2D eigenvalue weighted by atomic mass is 16.5. The van der Waals surface area contributed by atoms with Crippen LogP contribution < -0.4 is 5.73 Å². The van der Waals surface area contributed by atoms with Gasteiger partial charge in [-0.05, 0) is 38.5 Å². The molecule has 0 spiro atoms. The van der Waals surface area contributed by atoms with E-state index in [2.05, 4.69) is 6.92 Å². The average molecular weight is 225 g/mol. The van der Waals surface area contributed by atoms with Crippen molar-refractivity contribution in [3.63, 3.8) is 0 Å². The standard InChI is InChI=1S/C14H27NO/c1-2-16-14(10-6-7-11-14)13(15)12-8-4-3-5-9-12/h12-13H,2-11,15H2,1H3. The highest BCUT2D eigenvalue weighted by Crippen LogP contribution is 2.41. The van der Waals surface area contributed by atoms with Gasteiger partial charge in [-0.15, -0.1) is 0 Å². The quantitative estimate of drug-likeness (QED) is 0.797. The third-order valence-corrected chi connectivity index (χ3v) is 4.65. The zero-order chi connectivity index (χ0) is 11.4. The summed E-state index contributed by atoms with van der Waals surface area (Å²) in [5.74, 6) is 0.721. The van der Waals surface area contributed by atoms with Crippen LogP contribution in [0.3, 0.4) is 0 Å². The first kappa shape index (κ1) is 12.4. The smallest absolute Gasteiger partial charge is 0.0835 e. The second-order valence-corrected chi connectivity index (χ2v) is 5.63. The summed E-state index contributed by atoms with van der Waals surface area (Å²) in [5, 5.41) is 0. The Balaban J connectivity index is 2.00. The topological polar surface area (TPSA) is 35.2 Å². The summed E-state index contributed by atoms with van der Waals surface area (Å²) < 4.78 is 6.08. The first-order valence-corrected chi connectivity index (χ1v) is 7.18. The molecule has 2 N–H and O–H groups in total. The highest BCUT2D eigenvalue weighted by Gasteiger charge is 2.43. The second kappa shape index (κ2) is 5.50. The van der Waals surface area contributed by atoms with E-state index < -0.39 is 0 Å². The molecule has 2 saturated carbocycles. The van der Waals surface area contributed by atoms with Crippen LogP contribution in [0.5, 0.6) is 0 Å². The summed E-state index contributed by atoms with van der Waals surface area (Å²) in [6.07, 6.45) is 11.8. The zero-order valence-corrected chi connectivity index (χ0v) is 10.7. The van der Waals surface area contributed by atoms with Crippen LogP contribution in [-0.2, 0) is 4.74 Å². The fourth-order valence-electron chi connectivity index (χ4n) is 3.76. The van der Waals surface area contributed by atoms with Gasteiger partial charge in [0.25, 0.3) is 0 Å². The summed E-state index contributed by atoms with van der Waals surface area (Å²) in [6, 6.07) is 0.287. The minimum absolute atomic E-state index is 0.0384. The van der Waals surface area contributed by atoms with Gasteiger partial charge in [-0.2, -0.15) is 0 Å². The maximum Gasteiger partial charge on any atom is 0.0835 e. The first-order chi connectivity index (χ1) is 7.78. The zero-order valence-electron chi connectivity index (χ0n) is 10.7. The molecule has 16 heavy (non-hydrogen) atoms. The van der Waals surface area contributed by atoms with Crippen molar-refractivity contribution >= 4 is 0 Å². The molecule has 2 nitrogen and oxygen atoms in total. The molecule has 94 valence electrons. The van der Waals surface area contributed by atoms with Gasteiger partial charge < -0.3 is 10.5 Å². The maximum atomic E-state index is 6.55. The SMILES string of the molecule is CCOC1(C(N)C2CCCCC2)CCCC1. The van der Waals surface area contributed by atoms with Crippen LogP contribution in [0.15, 0.2) is 0 Å². The normalized spacial score (nSPS) is 28.1. The third kappa shape index (κ3) is 2.43. The van der Waals surface area contributed by atoms with Crippen molar-refractivity contribution in [1.82, 2.24) is 0 Å². The lowest BCUT2D eigenvalue weighted by atomic mass is 9.76. The van der Waals surface area contributed by atoms with Gasteiger partial charge in [0.15, 0.2) is 0 Å². The second-order valence-electron chi connectivity index (χ2n) is 5.63. The van der Waals surface area contributed by atoms with E-state index in [4.69, 9.17) is 10.5 Å². The first-order valence-electron chi connectivity index (χ1n) is 7.18. The lowest BCUT2D eigenvalue weighted by Crippen LogP contribution is -2.52. The van der Waals surface area contributed by atoms with Crippen LogP contribution in [0.1, 0.15) is 64.7 Å². The van der Waals surface area contributed by atoms with Crippen molar-refractivity contribution in [3.8, 4) is 0 Å². The van der Waals surface area contributed by atoms with E-state index in [0.717, 1.165) is 12.5 Å². The monoisotopic (exact) mass is 225 g/mol. The van der Waals surface area contributed by atoms with Crippen molar-refractivity contribution in [2.45, 2.75) is 76.4 Å². The van der Waals surface area contributed by atoms with Crippen LogP contribution in [-0.4, -0.2) is 18.2 Å². The van der Waals surface area contributed by atoms with E-state index in [9.17, 15) is 0 Å². The predicted molar refractivity (Wildman–Crippen MR) is 67.4 cm³/mol. The van der Waals surface area contributed by atoms with E-state index in [0.29, 0.717) is 0 Å². The summed E-state index contributed by atoms with van der Waals surface area (Å²) in [7, 11) is 0. The molecule has 2 aliphatic carbocycles. The summed E-state index contributed by atoms with van der Waals surface area (Å²) >= 11 is 0. The van der Waals surface area contributed by atoms with Crippen LogP contribution in [0.2, 0.25) is 0 Å². The molecule has 0 saturated heterocycles. The molecular formula is C14H27NO. The van der Waals surface area contributed by atoms with Crippen molar-refractivity contribution in [1.29, 1.82) is 0 Å². The molecule has 0 amide bonds. The van der Waals surface area contributed by atoms with Crippen LogP contribution in [0, 0.1) is 5.92 Å². The van der Waals surface area contributed by atoms with E-state index >= 15 is 0 Å². The molecule has 0 aromatic heterocycles. The van der Waals surface area contributed by atoms with Gasteiger partial charge in [0.05, 0.1) is 5.60 Å². The summed E-state index contributed by atoms with van der Waals surface area (Å²) in [6.45, 7) is 2.92. The molecule has 0 aromatic carbocycles. The number of ether oxygens (including phenoxy) is 1. The molecule has 0 aromatic rings. The van der Waals surface area contributed by atoms with Gasteiger partial charge in [0, 0.05) is 12.6 Å². The molecule has 2 heteroatoms. The Morgan fingerprint density at radius 1 is 1.12 bits per heavy atom. The van der Waals surface area contributed by atoms with Gasteiger partial charge in [0.1, 0.15) is 0 Å². The molecule has 2 rings (SSSR count). The third-order valence-electron chi connectivity index (χ3n) is 4.65. The van der Waals surface area contributed by atoms with E-state index in [1.54, 1.807) is 0 Å². The Morgan fingerprint density at radius 2 is 1.75 bits per heavy atom. The highest BCUT2D eigenvalue weighted by molar-refractivity contribution is 4.99. The van der Waals surface area contributed by atoms with Gasteiger partial charge in [-0.25, -0.2) is 0 Å².